The summed E-state index contributed by atoms with van der Waals surface area (Å²) in [5.41, 5.74) is 3.32. The highest BCUT2D eigenvalue weighted by molar-refractivity contribution is 5.97. The molecule has 0 spiro atoms. The highest BCUT2D eigenvalue weighted by atomic mass is 19.1. The molecule has 5 nitrogen and oxygen atoms in total. The van der Waals surface area contributed by atoms with Gasteiger partial charge >= 0.3 is 0 Å². The summed E-state index contributed by atoms with van der Waals surface area (Å²) >= 11 is 0. The summed E-state index contributed by atoms with van der Waals surface area (Å²) in [6.07, 6.45) is 3.45. The van der Waals surface area contributed by atoms with Gasteiger partial charge in [-0.25, -0.2) is 14.4 Å². The molecule has 0 aliphatic heterocycles. The first-order valence-electron chi connectivity index (χ1n) is 9.38. The van der Waals surface area contributed by atoms with Crippen molar-refractivity contribution in [3.05, 3.63) is 66.7 Å². The second-order valence-electron chi connectivity index (χ2n) is 7.02. The standard InChI is InChI=1S/C23H21FN4O/c1-14(2)26-23-19-11-17(15-6-8-18(24)9-7-15)12-20(29-3)21(19)27-22(28-23)16-5-4-10-25-13-16/h4-14H,1-3H3,(H,26,27,28). The Labute approximate surface area is 168 Å². The van der Waals surface area contributed by atoms with Gasteiger partial charge in [-0.15, -0.1) is 0 Å². The maximum Gasteiger partial charge on any atom is 0.163 e. The van der Waals surface area contributed by atoms with Crippen LogP contribution in [0.3, 0.4) is 0 Å². The number of hydrogen-bond donors (Lipinski definition) is 1. The molecular weight excluding hydrogens is 367 g/mol. The van der Waals surface area contributed by atoms with Gasteiger partial charge < -0.3 is 10.1 Å². The van der Waals surface area contributed by atoms with Crippen LogP contribution in [0.1, 0.15) is 13.8 Å². The lowest BCUT2D eigenvalue weighted by Gasteiger charge is -2.16. The van der Waals surface area contributed by atoms with Crippen molar-refractivity contribution < 1.29 is 9.13 Å². The molecule has 0 saturated heterocycles. The van der Waals surface area contributed by atoms with E-state index >= 15 is 0 Å². The molecule has 0 amide bonds. The maximum absolute atomic E-state index is 13.4. The van der Waals surface area contributed by atoms with E-state index in [9.17, 15) is 4.39 Å². The van der Waals surface area contributed by atoms with Crippen molar-refractivity contribution in [3.8, 4) is 28.3 Å². The monoisotopic (exact) mass is 388 g/mol. The molecule has 4 aromatic rings. The number of nitrogens with one attached hydrogen (secondary N) is 1. The fraction of sp³-hybridized carbons (Fsp3) is 0.174. The van der Waals surface area contributed by atoms with E-state index in [-0.39, 0.29) is 11.9 Å². The minimum Gasteiger partial charge on any atom is -0.494 e. The maximum atomic E-state index is 13.4. The van der Waals surface area contributed by atoms with Crippen molar-refractivity contribution in [1.82, 2.24) is 15.0 Å². The average Bonchev–Trinajstić information content (AvgIpc) is 2.73. The van der Waals surface area contributed by atoms with Gasteiger partial charge in [-0.3, -0.25) is 4.98 Å². The fourth-order valence-corrected chi connectivity index (χ4v) is 3.17. The molecule has 0 unspecified atom stereocenters. The van der Waals surface area contributed by atoms with Gasteiger partial charge in [-0.2, -0.15) is 0 Å². The predicted octanol–water partition coefficient (Wildman–Crippen LogP) is 5.33. The number of rotatable bonds is 5. The third-order valence-corrected chi connectivity index (χ3v) is 4.51. The molecule has 0 bridgehead atoms. The molecule has 146 valence electrons. The summed E-state index contributed by atoms with van der Waals surface area (Å²) < 4.78 is 19.0. The molecule has 4 rings (SSSR count). The highest BCUT2D eigenvalue weighted by Crippen LogP contribution is 2.36. The van der Waals surface area contributed by atoms with Crippen molar-refractivity contribution in [3.63, 3.8) is 0 Å². The van der Waals surface area contributed by atoms with Crippen LogP contribution in [0.15, 0.2) is 60.9 Å². The van der Waals surface area contributed by atoms with Crippen LogP contribution in [0.4, 0.5) is 10.2 Å². The molecule has 2 aromatic carbocycles. The molecule has 2 heterocycles. The molecule has 0 atom stereocenters. The van der Waals surface area contributed by atoms with Crippen LogP contribution in [-0.2, 0) is 0 Å². The Balaban J connectivity index is 1.97. The summed E-state index contributed by atoms with van der Waals surface area (Å²) in [5.74, 6) is 1.64. The lowest BCUT2D eigenvalue weighted by Crippen LogP contribution is -2.12. The van der Waals surface area contributed by atoms with Crippen molar-refractivity contribution in [2.24, 2.45) is 0 Å². The molecular formula is C23H21FN4O. The molecule has 0 aliphatic carbocycles. The molecule has 6 heteroatoms. The van der Waals surface area contributed by atoms with Crippen LogP contribution in [0.2, 0.25) is 0 Å². The lowest BCUT2D eigenvalue weighted by molar-refractivity contribution is 0.419. The van der Waals surface area contributed by atoms with E-state index < -0.39 is 0 Å². The minimum atomic E-state index is -0.270. The van der Waals surface area contributed by atoms with Crippen LogP contribution in [-0.4, -0.2) is 28.1 Å². The van der Waals surface area contributed by atoms with Crippen molar-refractivity contribution in [1.29, 1.82) is 0 Å². The van der Waals surface area contributed by atoms with E-state index in [0.29, 0.717) is 22.9 Å². The number of ether oxygens (including phenoxy) is 1. The van der Waals surface area contributed by atoms with E-state index in [1.54, 1.807) is 31.6 Å². The van der Waals surface area contributed by atoms with Crippen molar-refractivity contribution in [2.45, 2.75) is 19.9 Å². The number of aromatic nitrogens is 3. The van der Waals surface area contributed by atoms with E-state index in [1.807, 2.05) is 24.3 Å². The van der Waals surface area contributed by atoms with Crippen LogP contribution in [0.25, 0.3) is 33.4 Å². The molecule has 2 aromatic heterocycles. The Morgan fingerprint density at radius 1 is 0.966 bits per heavy atom. The second kappa shape index (κ2) is 7.83. The van der Waals surface area contributed by atoms with Gasteiger partial charge in [0, 0.05) is 29.4 Å². The SMILES string of the molecule is COc1cc(-c2ccc(F)cc2)cc2c(NC(C)C)nc(-c3cccnc3)nc12. The lowest BCUT2D eigenvalue weighted by atomic mass is 10.0. The fourth-order valence-electron chi connectivity index (χ4n) is 3.17. The third-order valence-electron chi connectivity index (χ3n) is 4.51. The average molecular weight is 388 g/mol. The first-order chi connectivity index (χ1) is 14.0. The number of fused-ring (bicyclic) bond motifs is 1. The van der Waals surface area contributed by atoms with E-state index in [4.69, 9.17) is 14.7 Å². The van der Waals surface area contributed by atoms with E-state index in [1.165, 1.54) is 12.1 Å². The topological polar surface area (TPSA) is 59.9 Å². The third kappa shape index (κ3) is 3.87. The molecule has 1 N–H and O–H groups in total. The van der Waals surface area contributed by atoms with Gasteiger partial charge in [0.2, 0.25) is 0 Å². The van der Waals surface area contributed by atoms with Gasteiger partial charge in [0.1, 0.15) is 22.9 Å². The first kappa shape index (κ1) is 18.8. The summed E-state index contributed by atoms with van der Waals surface area (Å²) in [7, 11) is 1.62. The highest BCUT2D eigenvalue weighted by Gasteiger charge is 2.16. The first-order valence-corrected chi connectivity index (χ1v) is 9.38. The number of pyridine rings is 1. The van der Waals surface area contributed by atoms with Gasteiger partial charge in [-0.05, 0) is 61.4 Å². The number of hydrogen-bond acceptors (Lipinski definition) is 5. The van der Waals surface area contributed by atoms with Gasteiger partial charge in [0.05, 0.1) is 7.11 Å². The summed E-state index contributed by atoms with van der Waals surface area (Å²) in [4.78, 5) is 13.7. The van der Waals surface area contributed by atoms with Gasteiger partial charge in [0.15, 0.2) is 5.82 Å². The molecule has 0 fully saturated rings. The number of benzene rings is 2. The van der Waals surface area contributed by atoms with Crippen LogP contribution >= 0.6 is 0 Å². The van der Waals surface area contributed by atoms with Crippen molar-refractivity contribution >= 4 is 16.7 Å². The molecule has 0 saturated carbocycles. The van der Waals surface area contributed by atoms with Crippen molar-refractivity contribution in [2.75, 3.05) is 12.4 Å². The Hall–Kier alpha value is -3.54. The van der Waals surface area contributed by atoms with Crippen LogP contribution < -0.4 is 10.1 Å². The number of halogens is 1. The number of methoxy groups -OCH3 is 1. The van der Waals surface area contributed by atoms with Crippen LogP contribution in [0, 0.1) is 5.82 Å². The second-order valence-corrected chi connectivity index (χ2v) is 7.02. The van der Waals surface area contributed by atoms with E-state index in [2.05, 4.69) is 24.1 Å². The quantitative estimate of drug-likeness (QED) is 0.501. The minimum absolute atomic E-state index is 0.176. The zero-order valence-corrected chi connectivity index (χ0v) is 16.5. The zero-order valence-electron chi connectivity index (χ0n) is 16.5. The summed E-state index contributed by atoms with van der Waals surface area (Å²) in [5, 5.41) is 4.25. The zero-order chi connectivity index (χ0) is 20.4. The summed E-state index contributed by atoms with van der Waals surface area (Å²) in [6.45, 7) is 4.11. The smallest absolute Gasteiger partial charge is 0.163 e. The number of nitrogens with zero attached hydrogens (tertiary/aromatic N) is 3. The normalized spacial score (nSPS) is 11.1. The summed E-state index contributed by atoms with van der Waals surface area (Å²) in [6, 6.07) is 14.3. The van der Waals surface area contributed by atoms with Gasteiger partial charge in [-0.1, -0.05) is 12.1 Å². The Kier molecular flexibility index (Phi) is 5.08. The Morgan fingerprint density at radius 2 is 1.76 bits per heavy atom. The van der Waals surface area contributed by atoms with E-state index in [0.717, 1.165) is 22.1 Å². The largest absolute Gasteiger partial charge is 0.494 e. The Morgan fingerprint density at radius 3 is 2.41 bits per heavy atom. The molecule has 0 aliphatic rings. The number of anilines is 1. The molecule has 29 heavy (non-hydrogen) atoms. The Bertz CT molecular complexity index is 1150. The predicted molar refractivity (Wildman–Crippen MR) is 113 cm³/mol. The van der Waals surface area contributed by atoms with Gasteiger partial charge in [0.25, 0.3) is 0 Å². The molecule has 0 radical (unpaired) electrons. The van der Waals surface area contributed by atoms with Crippen LogP contribution in [0.5, 0.6) is 5.75 Å².